The van der Waals surface area contributed by atoms with Gasteiger partial charge in [-0.1, -0.05) is 23.2 Å². The van der Waals surface area contributed by atoms with E-state index in [0.717, 1.165) is 43.8 Å². The van der Waals surface area contributed by atoms with Gasteiger partial charge in [-0.3, -0.25) is 0 Å². The molecule has 0 unspecified atom stereocenters. The largest absolute Gasteiger partial charge is 0.341 e. The van der Waals surface area contributed by atoms with Gasteiger partial charge in [-0.15, -0.1) is 12.4 Å². The Balaban J connectivity index is 0.00000196. The van der Waals surface area contributed by atoms with Crippen LogP contribution in [0.2, 0.25) is 10.0 Å². The van der Waals surface area contributed by atoms with E-state index >= 15 is 0 Å². The summed E-state index contributed by atoms with van der Waals surface area (Å²) in [5.74, 6) is 2.01. The Hall–Kier alpha value is -1.50. The molecule has 0 bridgehead atoms. The van der Waals surface area contributed by atoms with Crippen LogP contribution < -0.4 is 15.1 Å². The Labute approximate surface area is 169 Å². The Morgan fingerprint density at radius 1 is 0.731 bits per heavy atom. The van der Waals surface area contributed by atoms with Crippen LogP contribution in [0.15, 0.2) is 18.2 Å². The molecule has 1 aromatic heterocycles. The van der Waals surface area contributed by atoms with Crippen molar-refractivity contribution in [2.45, 2.75) is 25.7 Å². The maximum atomic E-state index is 6.09. The minimum atomic E-state index is 0. The van der Waals surface area contributed by atoms with Crippen molar-refractivity contribution >= 4 is 59.1 Å². The second-order valence-corrected chi connectivity index (χ2v) is 7.30. The molecule has 140 valence electrons. The summed E-state index contributed by atoms with van der Waals surface area (Å²) >= 11 is 12.2. The molecule has 2 fully saturated rings. The predicted octanol–water partition coefficient (Wildman–Crippen LogP) is 4.54. The summed E-state index contributed by atoms with van der Waals surface area (Å²) in [6, 6.07) is 5.32. The summed E-state index contributed by atoms with van der Waals surface area (Å²) < 4.78 is 0. The third-order valence-corrected chi connectivity index (χ3v) is 4.94. The van der Waals surface area contributed by atoms with Gasteiger partial charge in [0.05, 0.1) is 0 Å². The van der Waals surface area contributed by atoms with E-state index in [0.29, 0.717) is 16.0 Å². The van der Waals surface area contributed by atoms with Gasteiger partial charge in [0.2, 0.25) is 17.8 Å². The molecule has 1 aromatic carbocycles. The molecule has 9 heteroatoms. The van der Waals surface area contributed by atoms with Crippen molar-refractivity contribution in [1.29, 1.82) is 0 Å². The lowest BCUT2D eigenvalue weighted by Gasteiger charge is -2.20. The third kappa shape index (κ3) is 4.42. The summed E-state index contributed by atoms with van der Waals surface area (Å²) in [5.41, 5.74) is 0.767. The summed E-state index contributed by atoms with van der Waals surface area (Å²) in [6.07, 6.45) is 4.71. The van der Waals surface area contributed by atoms with Crippen molar-refractivity contribution in [3.05, 3.63) is 28.2 Å². The number of anilines is 4. The van der Waals surface area contributed by atoms with Gasteiger partial charge in [0, 0.05) is 41.9 Å². The monoisotopic (exact) mass is 414 g/mol. The number of hydrogen-bond donors (Lipinski definition) is 1. The van der Waals surface area contributed by atoms with E-state index in [1.165, 1.54) is 25.7 Å². The van der Waals surface area contributed by atoms with Crippen molar-refractivity contribution in [1.82, 2.24) is 15.0 Å². The first kappa shape index (κ1) is 19.3. The molecule has 2 aliphatic rings. The van der Waals surface area contributed by atoms with Crippen LogP contribution in [0.3, 0.4) is 0 Å². The number of benzene rings is 1. The van der Waals surface area contributed by atoms with Crippen LogP contribution in [-0.4, -0.2) is 41.1 Å². The second-order valence-electron chi connectivity index (χ2n) is 6.43. The molecule has 0 atom stereocenters. The highest BCUT2D eigenvalue weighted by Gasteiger charge is 2.21. The summed E-state index contributed by atoms with van der Waals surface area (Å²) in [4.78, 5) is 18.4. The minimum Gasteiger partial charge on any atom is -0.341 e. The lowest BCUT2D eigenvalue weighted by Crippen LogP contribution is -2.25. The first-order valence-electron chi connectivity index (χ1n) is 8.66. The van der Waals surface area contributed by atoms with Crippen molar-refractivity contribution in [2.24, 2.45) is 0 Å². The fraction of sp³-hybridized carbons (Fsp3) is 0.471. The van der Waals surface area contributed by atoms with Crippen LogP contribution in [0.25, 0.3) is 0 Å². The molecule has 0 spiro atoms. The standard InChI is InChI=1S/C17H20Cl2N6.ClH/c18-12-9-13(19)11-14(10-12)20-15-21-16(24-5-1-2-6-24)23-17(22-15)25-7-3-4-8-25;/h9-11H,1-8H2,(H,20,21,22,23);1H. The zero-order valence-corrected chi connectivity index (χ0v) is 16.6. The van der Waals surface area contributed by atoms with Gasteiger partial charge in [0.25, 0.3) is 0 Å². The summed E-state index contributed by atoms with van der Waals surface area (Å²) in [7, 11) is 0. The molecule has 3 heterocycles. The maximum Gasteiger partial charge on any atom is 0.233 e. The lowest BCUT2D eigenvalue weighted by molar-refractivity contribution is 0.841. The molecule has 6 nitrogen and oxygen atoms in total. The Morgan fingerprint density at radius 3 is 1.65 bits per heavy atom. The van der Waals surface area contributed by atoms with Crippen molar-refractivity contribution in [2.75, 3.05) is 41.3 Å². The van der Waals surface area contributed by atoms with Gasteiger partial charge in [-0.2, -0.15) is 15.0 Å². The lowest BCUT2D eigenvalue weighted by atomic mass is 10.3. The van der Waals surface area contributed by atoms with E-state index in [1.807, 2.05) is 12.1 Å². The molecular weight excluding hydrogens is 395 g/mol. The molecular formula is C17H21Cl3N6. The molecule has 2 aromatic rings. The molecule has 26 heavy (non-hydrogen) atoms. The molecule has 0 aliphatic carbocycles. The first-order valence-corrected chi connectivity index (χ1v) is 9.42. The third-order valence-electron chi connectivity index (χ3n) is 4.51. The Bertz CT molecular complexity index is 706. The topological polar surface area (TPSA) is 57.2 Å². The fourth-order valence-corrected chi connectivity index (χ4v) is 3.81. The van der Waals surface area contributed by atoms with Crippen LogP contribution in [0.4, 0.5) is 23.5 Å². The average Bonchev–Trinajstić information content (AvgIpc) is 3.28. The highest BCUT2D eigenvalue weighted by atomic mass is 35.5. The number of nitrogens with zero attached hydrogens (tertiary/aromatic N) is 5. The number of hydrogen-bond acceptors (Lipinski definition) is 6. The van der Waals surface area contributed by atoms with Gasteiger partial charge in [0.1, 0.15) is 0 Å². The predicted molar refractivity (Wildman–Crippen MR) is 110 cm³/mol. The minimum absolute atomic E-state index is 0. The number of aromatic nitrogens is 3. The van der Waals surface area contributed by atoms with E-state index in [-0.39, 0.29) is 12.4 Å². The SMILES string of the molecule is Cl.Clc1cc(Cl)cc(Nc2nc(N3CCCC3)nc(N3CCCC3)n2)c1. The zero-order chi connectivity index (χ0) is 17.2. The average molecular weight is 416 g/mol. The highest BCUT2D eigenvalue weighted by molar-refractivity contribution is 6.35. The molecule has 0 amide bonds. The van der Waals surface area contributed by atoms with Gasteiger partial charge >= 0.3 is 0 Å². The van der Waals surface area contributed by atoms with E-state index < -0.39 is 0 Å². The van der Waals surface area contributed by atoms with Gasteiger partial charge in [0.15, 0.2) is 0 Å². The Morgan fingerprint density at radius 2 is 1.19 bits per heavy atom. The number of halogens is 3. The summed E-state index contributed by atoms with van der Waals surface area (Å²) in [6.45, 7) is 3.97. The molecule has 2 aliphatic heterocycles. The van der Waals surface area contributed by atoms with E-state index in [9.17, 15) is 0 Å². The van der Waals surface area contributed by atoms with E-state index in [4.69, 9.17) is 28.2 Å². The number of nitrogens with one attached hydrogen (secondary N) is 1. The molecule has 0 radical (unpaired) electrons. The quantitative estimate of drug-likeness (QED) is 0.791. The molecule has 2 saturated heterocycles. The second kappa shape index (κ2) is 8.46. The van der Waals surface area contributed by atoms with Crippen molar-refractivity contribution in [3.63, 3.8) is 0 Å². The highest BCUT2D eigenvalue weighted by Crippen LogP contribution is 2.27. The van der Waals surface area contributed by atoms with E-state index in [1.54, 1.807) is 6.07 Å². The van der Waals surface area contributed by atoms with Crippen LogP contribution in [0.1, 0.15) is 25.7 Å². The van der Waals surface area contributed by atoms with Crippen LogP contribution >= 0.6 is 35.6 Å². The fourth-order valence-electron chi connectivity index (χ4n) is 3.28. The van der Waals surface area contributed by atoms with Gasteiger partial charge < -0.3 is 15.1 Å². The maximum absolute atomic E-state index is 6.09. The molecule has 1 N–H and O–H groups in total. The van der Waals surface area contributed by atoms with Crippen molar-refractivity contribution in [3.8, 4) is 0 Å². The Kier molecular flexibility index (Phi) is 6.27. The summed E-state index contributed by atoms with van der Waals surface area (Å²) in [5, 5.41) is 4.37. The van der Waals surface area contributed by atoms with Crippen LogP contribution in [0, 0.1) is 0 Å². The van der Waals surface area contributed by atoms with Crippen molar-refractivity contribution < 1.29 is 0 Å². The van der Waals surface area contributed by atoms with E-state index in [2.05, 4.69) is 25.1 Å². The molecule has 0 saturated carbocycles. The van der Waals surface area contributed by atoms with Gasteiger partial charge in [-0.05, 0) is 43.9 Å². The van der Waals surface area contributed by atoms with Crippen LogP contribution in [0.5, 0.6) is 0 Å². The number of rotatable bonds is 4. The van der Waals surface area contributed by atoms with Crippen LogP contribution in [-0.2, 0) is 0 Å². The first-order chi connectivity index (χ1) is 12.2. The normalized spacial score (nSPS) is 16.7. The van der Waals surface area contributed by atoms with Gasteiger partial charge in [-0.25, -0.2) is 0 Å². The zero-order valence-electron chi connectivity index (χ0n) is 14.3. The smallest absolute Gasteiger partial charge is 0.233 e. The molecule has 4 rings (SSSR count).